The van der Waals surface area contributed by atoms with Crippen molar-refractivity contribution in [3.63, 3.8) is 0 Å². The summed E-state index contributed by atoms with van der Waals surface area (Å²) in [5.41, 5.74) is -0.607. The van der Waals surface area contributed by atoms with E-state index in [1.54, 1.807) is 30.3 Å². The van der Waals surface area contributed by atoms with E-state index in [0.717, 1.165) is 30.0 Å². The van der Waals surface area contributed by atoms with Crippen LogP contribution in [-0.2, 0) is 24.0 Å². The van der Waals surface area contributed by atoms with E-state index in [0.29, 0.717) is 20.8 Å². The fourth-order valence-electron chi connectivity index (χ4n) is 4.59. The summed E-state index contributed by atoms with van der Waals surface area (Å²) < 4.78 is 14.4. The Bertz CT molecular complexity index is 1560. The Hall–Kier alpha value is -5.24. The van der Waals surface area contributed by atoms with Crippen LogP contribution in [0, 0.1) is 5.82 Å². The number of aliphatic hydroxyl groups excluding tert-OH is 1. The lowest BCUT2D eigenvalue weighted by Gasteiger charge is -2.38. The summed E-state index contributed by atoms with van der Waals surface area (Å²) in [5, 5.41) is 23.8. The lowest BCUT2D eigenvalue weighted by molar-refractivity contribution is -0.145. The average molecular weight is 566 g/mol. The number of pyridine rings is 1. The smallest absolute Gasteiger partial charge is 0.305 e. The lowest BCUT2D eigenvalue weighted by Crippen LogP contribution is -2.61. The predicted molar refractivity (Wildman–Crippen MR) is 141 cm³/mol. The summed E-state index contributed by atoms with van der Waals surface area (Å²) in [6, 6.07) is 8.00. The van der Waals surface area contributed by atoms with Gasteiger partial charge in [-0.2, -0.15) is 0 Å². The molecule has 4 amide bonds. The van der Waals surface area contributed by atoms with Gasteiger partial charge < -0.3 is 25.2 Å². The zero-order chi connectivity index (χ0) is 29.8. The summed E-state index contributed by atoms with van der Waals surface area (Å²) >= 11 is 0. The van der Waals surface area contributed by atoms with Crippen LogP contribution in [0.4, 0.5) is 15.8 Å². The molecule has 1 aromatic heterocycles. The first-order valence-electron chi connectivity index (χ1n) is 12.2. The van der Waals surface area contributed by atoms with Crippen molar-refractivity contribution in [1.82, 2.24) is 15.3 Å². The van der Waals surface area contributed by atoms with Gasteiger partial charge in [-0.15, -0.1) is 0 Å². The van der Waals surface area contributed by atoms with Crippen LogP contribution in [0.25, 0.3) is 10.8 Å². The zero-order valence-corrected chi connectivity index (χ0v) is 21.6. The highest BCUT2D eigenvalue weighted by atomic mass is 19.1. The highest BCUT2D eigenvalue weighted by Crippen LogP contribution is 2.36. The van der Waals surface area contributed by atoms with Gasteiger partial charge in [0.1, 0.15) is 36.5 Å². The van der Waals surface area contributed by atoms with Crippen molar-refractivity contribution >= 4 is 58.0 Å². The fraction of sp³-hybridized carbons (Fsp3) is 0.222. The Morgan fingerprint density at radius 1 is 1.17 bits per heavy atom. The zero-order valence-electron chi connectivity index (χ0n) is 21.6. The highest BCUT2D eigenvalue weighted by Gasteiger charge is 2.43. The number of amides is 4. The molecule has 212 valence electrons. The maximum atomic E-state index is 14.4. The molecule has 3 aromatic rings. The van der Waals surface area contributed by atoms with Crippen molar-refractivity contribution in [3.05, 3.63) is 66.2 Å². The topological polar surface area (TPSA) is 178 Å². The van der Waals surface area contributed by atoms with Crippen molar-refractivity contribution in [2.24, 2.45) is 0 Å². The summed E-state index contributed by atoms with van der Waals surface area (Å²) in [4.78, 5) is 81.5. The van der Waals surface area contributed by atoms with Crippen LogP contribution >= 0.6 is 0 Å². The molecule has 0 aliphatic carbocycles. The molecule has 2 aromatic carbocycles. The molecule has 0 saturated heterocycles. The minimum atomic E-state index is -1.69. The number of aliphatic hydroxyl groups is 1. The standard InChI is InChI=1S/C27H24FN5O8/c1-15(36)32(18(13-34)11-24(38)39)33-21-7-6-17(28)10-22(21)31(23(37)14-35)12-20(27(33)41)30-26(40)25-19-5-3-2-4-16(19)8-9-29-25/h2-10,13,18,20,35H,11-12,14H2,1H3,(H,30,40)(H,38,39)/t18-,20-/m0/s1. The van der Waals surface area contributed by atoms with E-state index in [2.05, 4.69) is 10.3 Å². The summed E-state index contributed by atoms with van der Waals surface area (Å²) in [5.74, 6) is -6.09. The molecule has 0 unspecified atom stereocenters. The number of hydrazine groups is 1. The Morgan fingerprint density at radius 3 is 2.56 bits per heavy atom. The number of anilines is 2. The van der Waals surface area contributed by atoms with E-state index < -0.39 is 67.1 Å². The summed E-state index contributed by atoms with van der Waals surface area (Å²) in [6.45, 7) is -0.690. The van der Waals surface area contributed by atoms with Gasteiger partial charge in [-0.05, 0) is 29.7 Å². The number of nitrogens with zero attached hydrogens (tertiary/aromatic N) is 4. The number of halogens is 1. The van der Waals surface area contributed by atoms with Crippen molar-refractivity contribution in [2.45, 2.75) is 25.4 Å². The molecule has 2 atom stereocenters. The van der Waals surface area contributed by atoms with Crippen LogP contribution < -0.4 is 15.2 Å². The number of aromatic nitrogens is 1. The average Bonchev–Trinajstić information content (AvgIpc) is 3.06. The molecule has 3 N–H and O–H groups in total. The monoisotopic (exact) mass is 565 g/mol. The number of benzene rings is 2. The van der Waals surface area contributed by atoms with Gasteiger partial charge in [-0.3, -0.25) is 29.0 Å². The quantitative estimate of drug-likeness (QED) is 0.331. The van der Waals surface area contributed by atoms with Crippen LogP contribution in [-0.4, -0.2) is 81.3 Å². The van der Waals surface area contributed by atoms with Gasteiger partial charge in [0.2, 0.25) is 5.91 Å². The number of carboxylic acid groups (broad SMARTS) is 1. The van der Waals surface area contributed by atoms with Crippen LogP contribution in [0.2, 0.25) is 0 Å². The second-order valence-electron chi connectivity index (χ2n) is 9.02. The number of aldehydes is 1. The van der Waals surface area contributed by atoms with E-state index in [4.69, 9.17) is 0 Å². The van der Waals surface area contributed by atoms with Gasteiger partial charge in [-0.1, -0.05) is 24.3 Å². The molecule has 0 spiro atoms. The van der Waals surface area contributed by atoms with E-state index in [-0.39, 0.29) is 23.4 Å². The van der Waals surface area contributed by atoms with Gasteiger partial charge in [0.25, 0.3) is 17.7 Å². The van der Waals surface area contributed by atoms with Gasteiger partial charge in [0.15, 0.2) is 0 Å². The second-order valence-corrected chi connectivity index (χ2v) is 9.02. The number of nitrogens with one attached hydrogen (secondary N) is 1. The number of aliphatic carboxylic acids is 1. The highest BCUT2D eigenvalue weighted by molar-refractivity contribution is 6.11. The fourth-order valence-corrected chi connectivity index (χ4v) is 4.59. The van der Waals surface area contributed by atoms with Crippen LogP contribution in [0.5, 0.6) is 0 Å². The maximum absolute atomic E-state index is 14.4. The number of fused-ring (bicyclic) bond motifs is 2. The van der Waals surface area contributed by atoms with Gasteiger partial charge in [0.05, 0.1) is 24.3 Å². The van der Waals surface area contributed by atoms with Crippen molar-refractivity contribution in [1.29, 1.82) is 0 Å². The van der Waals surface area contributed by atoms with Crippen LogP contribution in [0.15, 0.2) is 54.7 Å². The SMILES string of the molecule is CC(=O)N([C@H](C=O)CC(=O)O)N1C(=O)[C@@H](NC(=O)c2nccc3ccccc23)CN(C(=O)CO)c2cc(F)ccc21. The molecule has 1 aliphatic rings. The number of carbonyl (C=O) groups is 6. The molecule has 1 aliphatic heterocycles. The lowest BCUT2D eigenvalue weighted by atomic mass is 10.1. The number of hydrogen-bond acceptors (Lipinski definition) is 8. The van der Waals surface area contributed by atoms with Crippen LogP contribution in [0.1, 0.15) is 23.8 Å². The Balaban J connectivity index is 1.87. The molecule has 13 nitrogen and oxygen atoms in total. The summed E-state index contributed by atoms with van der Waals surface area (Å²) in [6.07, 6.45) is 0.650. The first-order valence-corrected chi connectivity index (χ1v) is 12.2. The van der Waals surface area contributed by atoms with E-state index in [1.807, 2.05) is 0 Å². The van der Waals surface area contributed by atoms with E-state index in [9.17, 15) is 43.4 Å². The Labute approximate surface area is 231 Å². The van der Waals surface area contributed by atoms with Crippen molar-refractivity contribution in [2.75, 3.05) is 23.1 Å². The molecule has 0 radical (unpaired) electrons. The first-order chi connectivity index (χ1) is 19.6. The third-order valence-corrected chi connectivity index (χ3v) is 6.35. The van der Waals surface area contributed by atoms with Gasteiger partial charge in [-0.25, -0.2) is 14.4 Å². The normalized spacial score (nSPS) is 15.5. The predicted octanol–water partition coefficient (Wildman–Crippen LogP) is 0.650. The minimum absolute atomic E-state index is 0.0599. The molecule has 4 rings (SSSR count). The number of carbonyl (C=O) groups excluding carboxylic acids is 5. The molecule has 0 fully saturated rings. The van der Waals surface area contributed by atoms with Crippen molar-refractivity contribution < 1.29 is 43.4 Å². The largest absolute Gasteiger partial charge is 0.481 e. The van der Waals surface area contributed by atoms with Crippen LogP contribution in [0.3, 0.4) is 0 Å². The minimum Gasteiger partial charge on any atom is -0.481 e. The molecule has 41 heavy (non-hydrogen) atoms. The number of carboxylic acids is 1. The maximum Gasteiger partial charge on any atom is 0.305 e. The summed E-state index contributed by atoms with van der Waals surface area (Å²) in [7, 11) is 0. The van der Waals surface area contributed by atoms with E-state index >= 15 is 0 Å². The Kier molecular flexibility index (Phi) is 8.33. The van der Waals surface area contributed by atoms with Gasteiger partial charge in [0, 0.05) is 18.5 Å². The molecular formula is C27H24FN5O8. The molecule has 0 saturated carbocycles. The molecular weight excluding hydrogens is 541 g/mol. The third kappa shape index (κ3) is 5.72. The van der Waals surface area contributed by atoms with E-state index in [1.165, 1.54) is 6.20 Å². The number of rotatable bonds is 8. The molecule has 0 bridgehead atoms. The van der Waals surface area contributed by atoms with Crippen molar-refractivity contribution in [3.8, 4) is 0 Å². The second kappa shape index (κ2) is 11.9. The molecule has 14 heteroatoms. The van der Waals surface area contributed by atoms with Gasteiger partial charge >= 0.3 is 5.97 Å². The number of hydrogen-bond donors (Lipinski definition) is 3. The molecule has 2 heterocycles. The third-order valence-electron chi connectivity index (χ3n) is 6.35. The Morgan fingerprint density at radius 2 is 1.90 bits per heavy atom. The first kappa shape index (κ1) is 28.8.